The fourth-order valence-electron chi connectivity index (χ4n) is 4.01. The molecular formula is C27H31N5O3S. The molecule has 0 aliphatic carbocycles. The molecule has 4 rings (SSSR count). The summed E-state index contributed by atoms with van der Waals surface area (Å²) in [7, 11) is -3.43. The van der Waals surface area contributed by atoms with Crippen LogP contribution in [0, 0.1) is 5.92 Å². The van der Waals surface area contributed by atoms with Gasteiger partial charge in [-0.1, -0.05) is 57.2 Å². The zero-order valence-electron chi connectivity index (χ0n) is 20.7. The van der Waals surface area contributed by atoms with E-state index in [0.717, 1.165) is 11.1 Å². The van der Waals surface area contributed by atoms with Crippen molar-refractivity contribution in [2.24, 2.45) is 11.7 Å². The Morgan fingerprint density at radius 1 is 1.06 bits per heavy atom. The van der Waals surface area contributed by atoms with E-state index < -0.39 is 15.9 Å². The minimum atomic E-state index is -3.43. The molecule has 0 spiro atoms. The molecule has 2 aromatic heterocycles. The van der Waals surface area contributed by atoms with Crippen molar-refractivity contribution in [1.29, 1.82) is 0 Å². The predicted molar refractivity (Wildman–Crippen MR) is 142 cm³/mol. The monoisotopic (exact) mass is 505 g/mol. The number of Topliss-reactive ketones (excluding diaryl/α,β-unsaturated/α-hetero) is 1. The van der Waals surface area contributed by atoms with Crippen LogP contribution in [0.15, 0.2) is 65.7 Å². The molecule has 0 aliphatic heterocycles. The molecule has 0 radical (unpaired) electrons. The van der Waals surface area contributed by atoms with Gasteiger partial charge in [0.05, 0.1) is 27.9 Å². The molecule has 4 aromatic rings. The Labute approximate surface area is 211 Å². The van der Waals surface area contributed by atoms with Crippen LogP contribution in [0.4, 0.5) is 11.5 Å². The van der Waals surface area contributed by atoms with Crippen molar-refractivity contribution >= 4 is 38.2 Å². The number of ketones is 1. The highest BCUT2D eigenvalue weighted by Gasteiger charge is 2.19. The second-order valence-corrected chi connectivity index (χ2v) is 11.4. The van der Waals surface area contributed by atoms with Gasteiger partial charge in [0.15, 0.2) is 21.4 Å². The second-order valence-electron chi connectivity index (χ2n) is 9.16. The standard InChI is InChI=1S/C27H31N5O3S/c1-4-36(34,35)23-11-6-5-10-20(23)31-27-26-21(12-13-29-26)30-24(32-27)16-19-9-7-8-18(14-19)15-22(33)25(28)17(2)3/h5-14,17,25,29H,4,15-16,28H2,1-3H3,(H,30,31,32)/t25-/m0/s1. The summed E-state index contributed by atoms with van der Waals surface area (Å²) < 4.78 is 25.2. The highest BCUT2D eigenvalue weighted by molar-refractivity contribution is 7.91. The number of aromatic amines is 1. The highest BCUT2D eigenvalue weighted by Crippen LogP contribution is 2.28. The van der Waals surface area contributed by atoms with Crippen LogP contribution in [-0.2, 0) is 27.5 Å². The SMILES string of the molecule is CCS(=O)(=O)c1ccccc1Nc1nc(Cc2cccc(CC(=O)[C@@H](N)C(C)C)c2)nc2cc[nH]c12. The Bertz CT molecular complexity index is 1490. The van der Waals surface area contributed by atoms with Crippen molar-refractivity contribution in [1.82, 2.24) is 15.0 Å². The summed E-state index contributed by atoms with van der Waals surface area (Å²) in [5, 5.41) is 3.21. The van der Waals surface area contributed by atoms with E-state index in [1.165, 1.54) is 0 Å². The largest absolute Gasteiger partial charge is 0.357 e. The van der Waals surface area contributed by atoms with Crippen LogP contribution in [0.3, 0.4) is 0 Å². The number of nitrogens with two attached hydrogens (primary N) is 1. The van der Waals surface area contributed by atoms with Gasteiger partial charge in [-0.2, -0.15) is 0 Å². The quantitative estimate of drug-likeness (QED) is 0.295. The van der Waals surface area contributed by atoms with Crippen molar-refractivity contribution in [3.05, 3.63) is 77.7 Å². The predicted octanol–water partition coefficient (Wildman–Crippen LogP) is 4.18. The van der Waals surface area contributed by atoms with Crippen LogP contribution in [0.25, 0.3) is 11.0 Å². The first-order valence-corrected chi connectivity index (χ1v) is 13.6. The van der Waals surface area contributed by atoms with Crippen molar-refractivity contribution in [3.8, 4) is 0 Å². The zero-order valence-corrected chi connectivity index (χ0v) is 21.5. The minimum absolute atomic E-state index is 0.000452. The van der Waals surface area contributed by atoms with Gasteiger partial charge in [0.2, 0.25) is 0 Å². The van der Waals surface area contributed by atoms with E-state index >= 15 is 0 Å². The fourth-order valence-corrected chi connectivity index (χ4v) is 5.06. The Morgan fingerprint density at radius 2 is 1.81 bits per heavy atom. The van der Waals surface area contributed by atoms with Crippen LogP contribution in [0.5, 0.6) is 0 Å². The van der Waals surface area contributed by atoms with Gasteiger partial charge in [0.1, 0.15) is 11.3 Å². The Morgan fingerprint density at radius 3 is 2.56 bits per heavy atom. The molecule has 0 aliphatic rings. The number of para-hydroxylation sites is 1. The molecule has 8 nitrogen and oxygen atoms in total. The smallest absolute Gasteiger partial charge is 0.180 e. The average Bonchev–Trinajstić information content (AvgIpc) is 3.33. The number of sulfone groups is 1. The van der Waals surface area contributed by atoms with Gasteiger partial charge in [-0.05, 0) is 35.2 Å². The number of carbonyl (C=O) groups excluding carboxylic acids is 1. The maximum absolute atomic E-state index is 12.6. The van der Waals surface area contributed by atoms with Crippen molar-refractivity contribution < 1.29 is 13.2 Å². The van der Waals surface area contributed by atoms with E-state index in [2.05, 4.69) is 15.3 Å². The molecule has 1 atom stereocenters. The summed E-state index contributed by atoms with van der Waals surface area (Å²) in [4.78, 5) is 25.2. The molecule has 2 aromatic carbocycles. The first-order chi connectivity index (χ1) is 17.2. The molecule has 2 heterocycles. The van der Waals surface area contributed by atoms with E-state index in [1.54, 1.807) is 37.4 Å². The van der Waals surface area contributed by atoms with Gasteiger partial charge in [-0.3, -0.25) is 4.79 Å². The third-order valence-electron chi connectivity index (χ3n) is 6.13. The molecule has 0 saturated heterocycles. The topological polar surface area (TPSA) is 131 Å². The van der Waals surface area contributed by atoms with Gasteiger partial charge in [-0.15, -0.1) is 0 Å². The van der Waals surface area contributed by atoms with Crippen molar-refractivity contribution in [2.75, 3.05) is 11.1 Å². The highest BCUT2D eigenvalue weighted by atomic mass is 32.2. The van der Waals surface area contributed by atoms with Crippen molar-refractivity contribution in [3.63, 3.8) is 0 Å². The number of carbonyl (C=O) groups is 1. The first kappa shape index (κ1) is 25.5. The van der Waals surface area contributed by atoms with E-state index in [-0.39, 0.29) is 28.8 Å². The number of fused-ring (bicyclic) bond motifs is 1. The lowest BCUT2D eigenvalue weighted by atomic mass is 9.95. The van der Waals surface area contributed by atoms with Crippen LogP contribution in [-0.4, -0.2) is 40.9 Å². The molecule has 0 saturated carbocycles. The molecule has 0 unspecified atom stereocenters. The van der Waals surface area contributed by atoms with Gasteiger partial charge in [-0.25, -0.2) is 18.4 Å². The van der Waals surface area contributed by atoms with E-state index in [1.807, 2.05) is 44.2 Å². The molecular weight excluding hydrogens is 474 g/mol. The first-order valence-electron chi connectivity index (χ1n) is 12.0. The van der Waals surface area contributed by atoms with E-state index in [9.17, 15) is 13.2 Å². The Kier molecular flexibility index (Phi) is 7.51. The van der Waals surface area contributed by atoms with Gasteiger partial charge < -0.3 is 16.0 Å². The van der Waals surface area contributed by atoms with Crippen LogP contribution in [0.1, 0.15) is 37.7 Å². The van der Waals surface area contributed by atoms with Gasteiger partial charge >= 0.3 is 0 Å². The van der Waals surface area contributed by atoms with Gasteiger partial charge in [0, 0.05) is 19.0 Å². The fraction of sp³-hybridized carbons (Fsp3) is 0.296. The Hall–Kier alpha value is -3.56. The van der Waals surface area contributed by atoms with Crippen molar-refractivity contribution in [2.45, 2.75) is 44.6 Å². The number of hydrogen-bond donors (Lipinski definition) is 3. The zero-order chi connectivity index (χ0) is 25.9. The number of hydrogen-bond acceptors (Lipinski definition) is 7. The maximum atomic E-state index is 12.6. The summed E-state index contributed by atoms with van der Waals surface area (Å²) in [5.74, 6) is 1.17. The summed E-state index contributed by atoms with van der Waals surface area (Å²) >= 11 is 0. The number of H-pyrrole nitrogens is 1. The summed E-state index contributed by atoms with van der Waals surface area (Å²) in [6.07, 6.45) is 2.50. The number of aromatic nitrogens is 3. The van der Waals surface area contributed by atoms with E-state index in [0.29, 0.717) is 34.8 Å². The second kappa shape index (κ2) is 10.6. The van der Waals surface area contributed by atoms with Gasteiger partial charge in [0.25, 0.3) is 0 Å². The average molecular weight is 506 g/mol. The number of rotatable bonds is 10. The molecule has 0 amide bonds. The maximum Gasteiger partial charge on any atom is 0.180 e. The van der Waals surface area contributed by atoms with Crippen LogP contribution < -0.4 is 11.1 Å². The molecule has 4 N–H and O–H groups in total. The molecule has 0 fully saturated rings. The third kappa shape index (κ3) is 5.63. The summed E-state index contributed by atoms with van der Waals surface area (Å²) in [6, 6.07) is 15.9. The third-order valence-corrected chi connectivity index (χ3v) is 7.92. The lowest BCUT2D eigenvalue weighted by molar-refractivity contribution is -0.120. The number of nitrogens with zero attached hydrogens (tertiary/aromatic N) is 2. The van der Waals surface area contributed by atoms with E-state index in [4.69, 9.17) is 10.7 Å². The normalized spacial score (nSPS) is 12.7. The summed E-state index contributed by atoms with van der Waals surface area (Å²) in [5.41, 5.74) is 9.74. The minimum Gasteiger partial charge on any atom is -0.357 e. The Balaban J connectivity index is 1.63. The van der Waals surface area contributed by atoms with Crippen LogP contribution >= 0.6 is 0 Å². The molecule has 0 bridgehead atoms. The molecule has 188 valence electrons. The number of nitrogens with one attached hydrogen (secondary N) is 2. The number of benzene rings is 2. The molecule has 36 heavy (non-hydrogen) atoms. The van der Waals surface area contributed by atoms with Crippen LogP contribution in [0.2, 0.25) is 0 Å². The molecule has 9 heteroatoms. The lowest BCUT2D eigenvalue weighted by Crippen LogP contribution is -2.36. The lowest BCUT2D eigenvalue weighted by Gasteiger charge is -2.14. The number of anilines is 2. The summed E-state index contributed by atoms with van der Waals surface area (Å²) in [6.45, 7) is 5.50.